The fourth-order valence-corrected chi connectivity index (χ4v) is 1.24. The van der Waals surface area contributed by atoms with Crippen LogP contribution < -0.4 is 5.32 Å². The lowest BCUT2D eigenvalue weighted by molar-refractivity contribution is -0.206. The van der Waals surface area contributed by atoms with Crippen LogP contribution in [0.1, 0.15) is 13.8 Å². The Labute approximate surface area is 101 Å². The quantitative estimate of drug-likeness (QED) is 0.756. The van der Waals surface area contributed by atoms with Gasteiger partial charge in [0, 0.05) is 6.26 Å². The van der Waals surface area contributed by atoms with E-state index in [0.717, 1.165) is 6.92 Å². The van der Waals surface area contributed by atoms with Gasteiger partial charge in [-0.15, -0.1) is 0 Å². The smallest absolute Gasteiger partial charge is 0.422 e. The molecule has 2 atom stereocenters. The maximum absolute atomic E-state index is 12.5. The van der Waals surface area contributed by atoms with Crippen LogP contribution in [0.15, 0.2) is 0 Å². The highest BCUT2D eigenvalue weighted by Gasteiger charge is 2.59. The summed E-state index contributed by atoms with van der Waals surface area (Å²) in [5, 5.41) is 7.93. The van der Waals surface area contributed by atoms with Crippen LogP contribution >= 0.6 is 0 Å². The van der Waals surface area contributed by atoms with Gasteiger partial charge in [-0.3, -0.25) is 4.79 Å². The molecule has 0 radical (unpaired) electrons. The van der Waals surface area contributed by atoms with Crippen molar-refractivity contribution in [2.24, 2.45) is 0 Å². The third-order valence-electron chi connectivity index (χ3n) is 2.38. The largest absolute Gasteiger partial charge is 0.479 e. The molecule has 6 nitrogen and oxygen atoms in total. The molecule has 0 saturated carbocycles. The maximum atomic E-state index is 12.5. The summed E-state index contributed by atoms with van der Waals surface area (Å²) in [6, 6.07) is 0. The molecular weight excluding hydrogens is 279 g/mol. The van der Waals surface area contributed by atoms with E-state index in [1.807, 2.05) is 0 Å². The lowest BCUT2D eigenvalue weighted by Crippen LogP contribution is -2.63. The second kappa shape index (κ2) is 4.75. The number of sulfone groups is 1. The van der Waals surface area contributed by atoms with E-state index >= 15 is 0 Å². The Morgan fingerprint density at radius 1 is 1.28 bits per heavy atom. The molecule has 0 spiro atoms. The zero-order valence-electron chi connectivity index (χ0n) is 9.70. The SMILES string of the molecule is CC(C(=O)NC(C)(C(=O)O)C(F)(F)F)S(C)(=O)=O. The molecule has 18 heavy (non-hydrogen) atoms. The van der Waals surface area contributed by atoms with Crippen LogP contribution in [0.2, 0.25) is 0 Å². The first-order chi connectivity index (χ1) is 7.73. The van der Waals surface area contributed by atoms with Crippen molar-refractivity contribution in [3.63, 3.8) is 0 Å². The number of halogens is 3. The average molecular weight is 291 g/mol. The highest BCUT2D eigenvalue weighted by Crippen LogP contribution is 2.30. The third-order valence-corrected chi connectivity index (χ3v) is 3.88. The van der Waals surface area contributed by atoms with Gasteiger partial charge in [0.1, 0.15) is 5.25 Å². The van der Waals surface area contributed by atoms with Crippen LogP contribution in [0.3, 0.4) is 0 Å². The van der Waals surface area contributed by atoms with Crippen molar-refractivity contribution < 1.29 is 36.3 Å². The zero-order chi connectivity index (χ0) is 14.9. The number of carboxylic acids is 1. The minimum absolute atomic E-state index is 0.238. The molecule has 0 aliphatic carbocycles. The fraction of sp³-hybridized carbons (Fsp3) is 0.750. The van der Waals surface area contributed by atoms with Crippen LogP contribution in [0.5, 0.6) is 0 Å². The molecule has 0 saturated heterocycles. The normalized spacial score (nSPS) is 17.7. The van der Waals surface area contributed by atoms with Crippen molar-refractivity contribution >= 4 is 21.7 Å². The standard InChI is InChI=1S/C8H12F3NO5S/c1-4(18(3,16)17)5(13)12-7(2,6(14)15)8(9,10)11/h4H,1-3H3,(H,12,13)(H,14,15). The Hall–Kier alpha value is -1.32. The molecule has 0 aromatic rings. The minimum atomic E-state index is -5.26. The molecule has 0 rings (SSSR count). The Morgan fingerprint density at radius 3 is 1.89 bits per heavy atom. The van der Waals surface area contributed by atoms with Gasteiger partial charge in [-0.05, 0) is 13.8 Å². The van der Waals surface area contributed by atoms with E-state index in [0.29, 0.717) is 6.26 Å². The van der Waals surface area contributed by atoms with Gasteiger partial charge in [0.2, 0.25) is 11.4 Å². The number of carbonyl (C=O) groups is 2. The van der Waals surface area contributed by atoms with E-state index in [9.17, 15) is 31.2 Å². The van der Waals surface area contributed by atoms with Gasteiger partial charge < -0.3 is 10.4 Å². The van der Waals surface area contributed by atoms with E-state index in [4.69, 9.17) is 5.11 Å². The Kier molecular flexibility index (Phi) is 4.40. The van der Waals surface area contributed by atoms with Gasteiger partial charge in [-0.1, -0.05) is 0 Å². The average Bonchev–Trinajstić information content (AvgIpc) is 2.12. The first kappa shape index (κ1) is 16.7. The Balaban J connectivity index is 5.30. The number of rotatable bonds is 4. The van der Waals surface area contributed by atoms with E-state index in [1.54, 1.807) is 0 Å². The molecule has 1 amide bonds. The molecule has 2 unspecified atom stereocenters. The summed E-state index contributed by atoms with van der Waals surface area (Å²) in [5.74, 6) is -3.86. The van der Waals surface area contributed by atoms with Crippen molar-refractivity contribution in [3.05, 3.63) is 0 Å². The van der Waals surface area contributed by atoms with Crippen molar-refractivity contribution in [2.75, 3.05) is 6.26 Å². The monoisotopic (exact) mass is 291 g/mol. The molecule has 0 aromatic carbocycles. The summed E-state index contributed by atoms with van der Waals surface area (Å²) < 4.78 is 59.6. The number of carbonyl (C=O) groups excluding carboxylic acids is 1. The number of hydrogen-bond donors (Lipinski definition) is 2. The summed E-state index contributed by atoms with van der Waals surface area (Å²) in [6.07, 6.45) is -4.60. The predicted octanol–water partition coefficient (Wildman–Crippen LogP) is -0.0587. The first-order valence-corrected chi connectivity index (χ1v) is 6.50. The number of hydrogen-bond acceptors (Lipinski definition) is 4. The lowest BCUT2D eigenvalue weighted by Gasteiger charge is -2.29. The van der Waals surface area contributed by atoms with E-state index in [-0.39, 0.29) is 6.92 Å². The highest BCUT2D eigenvalue weighted by atomic mass is 32.2. The van der Waals surface area contributed by atoms with E-state index in [1.165, 1.54) is 5.32 Å². The van der Waals surface area contributed by atoms with Gasteiger partial charge in [-0.25, -0.2) is 13.2 Å². The molecule has 2 N–H and O–H groups in total. The number of aliphatic carboxylic acids is 1. The van der Waals surface area contributed by atoms with Gasteiger partial charge in [0.15, 0.2) is 9.84 Å². The zero-order valence-corrected chi connectivity index (χ0v) is 10.5. The van der Waals surface area contributed by atoms with Crippen LogP contribution in [0.25, 0.3) is 0 Å². The van der Waals surface area contributed by atoms with E-state index < -0.39 is 38.7 Å². The number of nitrogens with one attached hydrogen (secondary N) is 1. The van der Waals surface area contributed by atoms with Crippen LogP contribution in [0.4, 0.5) is 13.2 Å². The molecule has 0 aliphatic heterocycles. The Morgan fingerprint density at radius 2 is 1.67 bits per heavy atom. The van der Waals surface area contributed by atoms with Gasteiger partial charge in [0.05, 0.1) is 0 Å². The molecule has 0 bridgehead atoms. The fourth-order valence-electron chi connectivity index (χ4n) is 0.788. The molecule has 106 valence electrons. The minimum Gasteiger partial charge on any atom is -0.479 e. The van der Waals surface area contributed by atoms with Crippen LogP contribution in [0, 0.1) is 0 Å². The number of carboxylic acid groups (broad SMARTS) is 1. The second-order valence-electron chi connectivity index (χ2n) is 3.89. The maximum Gasteiger partial charge on any atom is 0.422 e. The second-order valence-corrected chi connectivity index (χ2v) is 6.26. The van der Waals surface area contributed by atoms with Crippen molar-refractivity contribution in [1.82, 2.24) is 5.32 Å². The van der Waals surface area contributed by atoms with Gasteiger partial charge in [0.25, 0.3) is 0 Å². The first-order valence-electron chi connectivity index (χ1n) is 4.54. The highest BCUT2D eigenvalue weighted by molar-refractivity contribution is 7.92. The van der Waals surface area contributed by atoms with Crippen molar-refractivity contribution in [1.29, 1.82) is 0 Å². The summed E-state index contributed by atoms with van der Waals surface area (Å²) in [6.45, 7) is 1.10. The topological polar surface area (TPSA) is 101 Å². The van der Waals surface area contributed by atoms with Crippen molar-refractivity contribution in [2.45, 2.75) is 30.8 Å². The summed E-state index contributed by atoms with van der Waals surface area (Å²) in [5.41, 5.74) is -3.54. The summed E-state index contributed by atoms with van der Waals surface area (Å²) in [7, 11) is -3.92. The predicted molar refractivity (Wildman–Crippen MR) is 54.5 cm³/mol. The van der Waals surface area contributed by atoms with Crippen LogP contribution in [-0.4, -0.2) is 48.6 Å². The summed E-state index contributed by atoms with van der Waals surface area (Å²) in [4.78, 5) is 21.9. The number of alkyl halides is 3. The van der Waals surface area contributed by atoms with Gasteiger partial charge >= 0.3 is 12.1 Å². The van der Waals surface area contributed by atoms with Crippen molar-refractivity contribution in [3.8, 4) is 0 Å². The lowest BCUT2D eigenvalue weighted by atomic mass is 10.0. The van der Waals surface area contributed by atoms with Gasteiger partial charge in [-0.2, -0.15) is 13.2 Å². The molecule has 10 heteroatoms. The molecule has 0 heterocycles. The third kappa shape index (κ3) is 3.34. The Bertz CT molecular complexity index is 458. The summed E-state index contributed by atoms with van der Waals surface area (Å²) >= 11 is 0. The van der Waals surface area contributed by atoms with E-state index in [2.05, 4.69) is 0 Å². The molecular formula is C8H12F3NO5S. The molecule has 0 aromatic heterocycles. The van der Waals surface area contributed by atoms with Crippen LogP contribution in [-0.2, 0) is 19.4 Å². The molecule has 0 aliphatic rings. The molecule has 0 fully saturated rings. The number of amides is 1.